The van der Waals surface area contributed by atoms with Gasteiger partial charge in [0.15, 0.2) is 5.82 Å². The molecule has 0 bridgehead atoms. The summed E-state index contributed by atoms with van der Waals surface area (Å²) in [5, 5.41) is 0. The maximum absolute atomic E-state index is 5.94. The van der Waals surface area contributed by atoms with Crippen molar-refractivity contribution in [1.29, 1.82) is 0 Å². The second-order valence-corrected chi connectivity index (χ2v) is 7.65. The summed E-state index contributed by atoms with van der Waals surface area (Å²) in [6.07, 6.45) is 0.882. The number of nitrogens with zero attached hydrogens (tertiary/aromatic N) is 2. The number of hydrogen-bond acceptors (Lipinski definition) is 4. The molecular formula is C12H13Br2N3S. The monoisotopic (exact) mass is 389 g/mol. The van der Waals surface area contributed by atoms with E-state index in [2.05, 4.69) is 55.7 Å². The predicted molar refractivity (Wildman–Crippen MR) is 83.7 cm³/mol. The molecule has 96 valence electrons. The Labute approximate surface area is 127 Å². The third kappa shape index (κ3) is 3.10. The zero-order chi connectivity index (χ0) is 13.3. The summed E-state index contributed by atoms with van der Waals surface area (Å²) in [5.41, 5.74) is 6.91. The van der Waals surface area contributed by atoms with Crippen molar-refractivity contribution in [2.75, 3.05) is 5.73 Å². The van der Waals surface area contributed by atoms with Crippen LogP contribution in [0.25, 0.3) is 10.7 Å². The highest BCUT2D eigenvalue weighted by atomic mass is 79.9. The van der Waals surface area contributed by atoms with Crippen LogP contribution in [0.5, 0.6) is 0 Å². The minimum atomic E-state index is 0.500. The molecule has 0 aliphatic carbocycles. The van der Waals surface area contributed by atoms with Crippen molar-refractivity contribution in [3.05, 3.63) is 26.1 Å². The van der Waals surface area contributed by atoms with Crippen LogP contribution in [-0.4, -0.2) is 9.97 Å². The molecular weight excluding hydrogens is 378 g/mol. The molecule has 18 heavy (non-hydrogen) atoms. The topological polar surface area (TPSA) is 51.8 Å². The number of nitrogens with two attached hydrogens (primary N) is 1. The molecule has 0 spiro atoms. The van der Waals surface area contributed by atoms with Crippen molar-refractivity contribution in [2.45, 2.75) is 20.3 Å². The van der Waals surface area contributed by atoms with Gasteiger partial charge in [-0.1, -0.05) is 13.8 Å². The molecule has 0 aliphatic rings. The molecule has 2 aromatic rings. The average molecular weight is 391 g/mol. The number of anilines is 1. The standard InChI is InChI=1S/C12H13Br2N3S/c1-6(2)5-7-10(14)11(15)17-12(16-7)8-3-4-9(13)18-8/h3-4,6H,5H2,1-2H3,(H2,15,16,17). The lowest BCUT2D eigenvalue weighted by molar-refractivity contribution is 0.633. The lowest BCUT2D eigenvalue weighted by atomic mass is 10.1. The van der Waals surface area contributed by atoms with Gasteiger partial charge >= 0.3 is 0 Å². The fourth-order valence-corrected chi connectivity index (χ4v) is 3.24. The zero-order valence-electron chi connectivity index (χ0n) is 10.1. The lowest BCUT2D eigenvalue weighted by Crippen LogP contribution is -2.05. The quantitative estimate of drug-likeness (QED) is 0.838. The van der Waals surface area contributed by atoms with Gasteiger partial charge in [-0.2, -0.15) is 0 Å². The second-order valence-electron chi connectivity index (χ2n) is 4.39. The third-order valence-corrected chi connectivity index (χ3v) is 4.82. The summed E-state index contributed by atoms with van der Waals surface area (Å²) in [4.78, 5) is 9.96. The molecule has 0 aromatic carbocycles. The molecule has 0 atom stereocenters. The lowest BCUT2D eigenvalue weighted by Gasteiger charge is -2.09. The van der Waals surface area contributed by atoms with Gasteiger partial charge in [-0.25, -0.2) is 9.97 Å². The van der Waals surface area contributed by atoms with Gasteiger partial charge in [-0.15, -0.1) is 11.3 Å². The van der Waals surface area contributed by atoms with Crippen LogP contribution in [-0.2, 0) is 6.42 Å². The molecule has 0 amide bonds. The van der Waals surface area contributed by atoms with E-state index in [-0.39, 0.29) is 0 Å². The minimum Gasteiger partial charge on any atom is -0.383 e. The average Bonchev–Trinajstić information content (AvgIpc) is 2.70. The van der Waals surface area contributed by atoms with Crippen LogP contribution >= 0.6 is 43.2 Å². The van der Waals surface area contributed by atoms with E-state index in [9.17, 15) is 0 Å². The Bertz CT molecular complexity index is 566. The first-order chi connectivity index (χ1) is 8.47. The van der Waals surface area contributed by atoms with Gasteiger partial charge in [-0.3, -0.25) is 0 Å². The second kappa shape index (κ2) is 5.67. The van der Waals surface area contributed by atoms with Crippen LogP contribution in [0.4, 0.5) is 5.82 Å². The molecule has 2 heterocycles. The van der Waals surface area contributed by atoms with Crippen LogP contribution in [0.3, 0.4) is 0 Å². The zero-order valence-corrected chi connectivity index (χ0v) is 14.1. The third-order valence-electron chi connectivity index (χ3n) is 2.34. The molecule has 2 N–H and O–H groups in total. The fraction of sp³-hybridized carbons (Fsp3) is 0.333. The van der Waals surface area contributed by atoms with Gasteiger partial charge in [0.05, 0.1) is 18.8 Å². The van der Waals surface area contributed by atoms with Crippen LogP contribution < -0.4 is 5.73 Å². The molecule has 0 aliphatic heterocycles. The Balaban J connectivity index is 2.46. The van der Waals surface area contributed by atoms with Crippen molar-refractivity contribution in [2.24, 2.45) is 5.92 Å². The summed E-state index contributed by atoms with van der Waals surface area (Å²) >= 11 is 8.51. The molecule has 3 nitrogen and oxygen atoms in total. The van der Waals surface area contributed by atoms with E-state index in [1.807, 2.05) is 12.1 Å². The van der Waals surface area contributed by atoms with E-state index in [0.29, 0.717) is 17.6 Å². The molecule has 6 heteroatoms. The van der Waals surface area contributed by atoms with Crippen LogP contribution in [0.15, 0.2) is 20.4 Å². The van der Waals surface area contributed by atoms with Gasteiger partial charge in [0.25, 0.3) is 0 Å². The highest BCUT2D eigenvalue weighted by molar-refractivity contribution is 9.11. The molecule has 2 rings (SSSR count). The molecule has 0 fully saturated rings. The SMILES string of the molecule is CC(C)Cc1nc(-c2ccc(Br)s2)nc(N)c1Br. The Kier molecular flexibility index (Phi) is 4.40. The van der Waals surface area contributed by atoms with Crippen molar-refractivity contribution < 1.29 is 0 Å². The van der Waals surface area contributed by atoms with Crippen molar-refractivity contribution >= 4 is 49.0 Å². The Morgan fingerprint density at radius 1 is 1.28 bits per heavy atom. The van der Waals surface area contributed by atoms with E-state index in [1.54, 1.807) is 11.3 Å². The summed E-state index contributed by atoms with van der Waals surface area (Å²) in [7, 11) is 0. The molecule has 0 saturated heterocycles. The normalized spacial score (nSPS) is 11.2. The number of nitrogen functional groups attached to an aromatic ring is 1. The van der Waals surface area contributed by atoms with Crippen LogP contribution in [0.2, 0.25) is 0 Å². The maximum Gasteiger partial charge on any atom is 0.171 e. The van der Waals surface area contributed by atoms with E-state index >= 15 is 0 Å². The smallest absolute Gasteiger partial charge is 0.171 e. The molecule has 0 unspecified atom stereocenters. The van der Waals surface area contributed by atoms with Crippen molar-refractivity contribution in [3.63, 3.8) is 0 Å². The van der Waals surface area contributed by atoms with Crippen LogP contribution in [0, 0.1) is 5.92 Å². The summed E-state index contributed by atoms with van der Waals surface area (Å²) in [5.74, 6) is 1.72. The van der Waals surface area contributed by atoms with Crippen molar-refractivity contribution in [1.82, 2.24) is 9.97 Å². The van der Waals surface area contributed by atoms with Crippen molar-refractivity contribution in [3.8, 4) is 10.7 Å². The first-order valence-corrected chi connectivity index (χ1v) is 7.95. The summed E-state index contributed by atoms with van der Waals surface area (Å²) < 4.78 is 1.88. The molecule has 0 radical (unpaired) electrons. The largest absolute Gasteiger partial charge is 0.383 e. The van der Waals surface area contributed by atoms with Gasteiger partial charge in [0.2, 0.25) is 0 Å². The van der Waals surface area contributed by atoms with E-state index in [1.165, 1.54) is 0 Å². The van der Waals surface area contributed by atoms with E-state index < -0.39 is 0 Å². The van der Waals surface area contributed by atoms with E-state index in [4.69, 9.17) is 5.73 Å². The number of rotatable bonds is 3. The number of thiophene rings is 1. The summed E-state index contributed by atoms with van der Waals surface area (Å²) in [6.45, 7) is 4.32. The maximum atomic E-state index is 5.94. The Morgan fingerprint density at radius 3 is 2.56 bits per heavy atom. The fourth-order valence-electron chi connectivity index (χ4n) is 1.58. The minimum absolute atomic E-state index is 0.500. The molecule has 2 aromatic heterocycles. The number of halogens is 2. The first-order valence-electron chi connectivity index (χ1n) is 5.55. The van der Waals surface area contributed by atoms with Gasteiger partial charge in [0, 0.05) is 0 Å². The highest BCUT2D eigenvalue weighted by Crippen LogP contribution is 2.32. The first kappa shape index (κ1) is 14.0. The van der Waals surface area contributed by atoms with Crippen LogP contribution in [0.1, 0.15) is 19.5 Å². The van der Waals surface area contributed by atoms with Gasteiger partial charge in [0.1, 0.15) is 5.82 Å². The highest BCUT2D eigenvalue weighted by Gasteiger charge is 2.13. The summed E-state index contributed by atoms with van der Waals surface area (Å²) in [6, 6.07) is 3.99. The Morgan fingerprint density at radius 2 is 2.00 bits per heavy atom. The molecule has 0 saturated carbocycles. The number of hydrogen-bond donors (Lipinski definition) is 1. The van der Waals surface area contributed by atoms with Gasteiger partial charge < -0.3 is 5.73 Å². The predicted octanol–water partition coefficient (Wildman–Crippen LogP) is 4.51. The van der Waals surface area contributed by atoms with Gasteiger partial charge in [-0.05, 0) is 56.3 Å². The Hall–Kier alpha value is -0.460. The van der Waals surface area contributed by atoms with E-state index in [0.717, 1.165) is 25.3 Å². The number of aromatic nitrogens is 2.